The first kappa shape index (κ1) is 19.8. The van der Waals surface area contributed by atoms with Crippen LogP contribution < -0.4 is 10.1 Å². The van der Waals surface area contributed by atoms with Crippen LogP contribution in [0.3, 0.4) is 0 Å². The summed E-state index contributed by atoms with van der Waals surface area (Å²) in [4.78, 5) is 35.9. The molecule has 0 saturated carbocycles. The molecule has 0 unspecified atom stereocenters. The van der Waals surface area contributed by atoms with Crippen molar-refractivity contribution in [3.63, 3.8) is 0 Å². The lowest BCUT2D eigenvalue weighted by molar-refractivity contribution is -0.139. The number of rotatable bonds is 7. The molecule has 1 N–H and O–H groups in total. The van der Waals surface area contributed by atoms with Crippen LogP contribution in [-0.2, 0) is 14.3 Å². The molecule has 2 aromatic carbocycles. The number of hydrogen-bond acceptors (Lipinski definition) is 5. The van der Waals surface area contributed by atoms with E-state index < -0.39 is 30.1 Å². The first-order valence-corrected chi connectivity index (χ1v) is 7.99. The Morgan fingerprint density at radius 2 is 1.81 bits per heavy atom. The van der Waals surface area contributed by atoms with Crippen LogP contribution in [0.4, 0.5) is 4.39 Å². The fraction of sp³-hybridized carbons (Fsp3) is 0.150. The van der Waals surface area contributed by atoms with Gasteiger partial charge in [0.2, 0.25) is 11.7 Å². The van der Waals surface area contributed by atoms with Crippen molar-refractivity contribution in [2.24, 2.45) is 0 Å². The van der Waals surface area contributed by atoms with Gasteiger partial charge in [0.25, 0.3) is 0 Å². The molecule has 140 valence electrons. The Balaban J connectivity index is 2.14. The SMILES string of the molecule is COc1ccc(F)cc1C(=O)COC(=O)/C(=C/c1ccccc1)NC(C)=O. The number of hydrogen-bond donors (Lipinski definition) is 1. The molecule has 0 aliphatic heterocycles. The van der Waals surface area contributed by atoms with E-state index >= 15 is 0 Å². The first-order valence-electron chi connectivity index (χ1n) is 7.99. The van der Waals surface area contributed by atoms with Crippen LogP contribution >= 0.6 is 0 Å². The number of carbonyl (C=O) groups excluding carboxylic acids is 3. The highest BCUT2D eigenvalue weighted by molar-refractivity contribution is 6.02. The maximum atomic E-state index is 13.4. The average Bonchev–Trinajstić information content (AvgIpc) is 2.65. The number of benzene rings is 2. The number of esters is 1. The quantitative estimate of drug-likeness (QED) is 0.460. The van der Waals surface area contributed by atoms with Gasteiger partial charge in [0, 0.05) is 6.92 Å². The third kappa shape index (κ3) is 5.78. The maximum Gasteiger partial charge on any atom is 0.355 e. The van der Waals surface area contributed by atoms with Crippen LogP contribution in [0.2, 0.25) is 0 Å². The van der Waals surface area contributed by atoms with E-state index in [9.17, 15) is 18.8 Å². The van der Waals surface area contributed by atoms with Gasteiger partial charge in [0.05, 0.1) is 12.7 Å². The molecular formula is C20H18FNO5. The number of halogens is 1. The second-order valence-corrected chi connectivity index (χ2v) is 5.49. The predicted octanol–water partition coefficient (Wildman–Crippen LogP) is 2.74. The van der Waals surface area contributed by atoms with E-state index in [1.807, 2.05) is 0 Å². The zero-order chi connectivity index (χ0) is 19.8. The van der Waals surface area contributed by atoms with Gasteiger partial charge in [-0.1, -0.05) is 30.3 Å². The van der Waals surface area contributed by atoms with Gasteiger partial charge in [-0.05, 0) is 29.8 Å². The van der Waals surface area contributed by atoms with Crippen molar-refractivity contribution >= 4 is 23.7 Å². The van der Waals surface area contributed by atoms with Crippen LogP contribution in [0.15, 0.2) is 54.2 Å². The van der Waals surface area contributed by atoms with Crippen LogP contribution in [0, 0.1) is 5.82 Å². The van der Waals surface area contributed by atoms with Gasteiger partial charge >= 0.3 is 5.97 Å². The standard InChI is InChI=1S/C20H18FNO5/c1-13(23)22-17(10-14-6-4-3-5-7-14)20(25)27-12-18(24)16-11-15(21)8-9-19(16)26-2/h3-11H,12H2,1-2H3,(H,22,23)/b17-10-. The Morgan fingerprint density at radius 1 is 1.11 bits per heavy atom. The van der Waals surface area contributed by atoms with Crippen LogP contribution in [-0.4, -0.2) is 31.4 Å². The molecule has 7 heteroatoms. The van der Waals surface area contributed by atoms with E-state index in [0.717, 1.165) is 12.1 Å². The van der Waals surface area contributed by atoms with Crippen molar-refractivity contribution < 1.29 is 28.2 Å². The molecule has 0 bridgehead atoms. The zero-order valence-electron chi connectivity index (χ0n) is 14.8. The number of nitrogens with one attached hydrogen (secondary N) is 1. The third-order valence-electron chi connectivity index (χ3n) is 3.44. The molecule has 0 aliphatic carbocycles. The summed E-state index contributed by atoms with van der Waals surface area (Å²) in [5.41, 5.74) is 0.502. The topological polar surface area (TPSA) is 81.7 Å². The second kappa shape index (κ2) is 9.28. The number of Topliss-reactive ketones (excluding diaryl/α,β-unsaturated/α-hetero) is 1. The number of ether oxygens (including phenoxy) is 2. The molecular weight excluding hydrogens is 353 g/mol. The fourth-order valence-corrected chi connectivity index (χ4v) is 2.24. The normalized spacial score (nSPS) is 10.9. The van der Waals surface area contributed by atoms with Crippen molar-refractivity contribution in [2.75, 3.05) is 13.7 Å². The Kier molecular flexibility index (Phi) is 6.82. The van der Waals surface area contributed by atoms with E-state index in [1.54, 1.807) is 30.3 Å². The molecule has 0 fully saturated rings. The molecule has 27 heavy (non-hydrogen) atoms. The first-order chi connectivity index (χ1) is 12.9. The van der Waals surface area contributed by atoms with Crippen molar-refractivity contribution in [2.45, 2.75) is 6.92 Å². The average molecular weight is 371 g/mol. The van der Waals surface area contributed by atoms with E-state index in [1.165, 1.54) is 26.2 Å². The fourth-order valence-electron chi connectivity index (χ4n) is 2.24. The van der Waals surface area contributed by atoms with Gasteiger partial charge in [-0.2, -0.15) is 0 Å². The van der Waals surface area contributed by atoms with Crippen molar-refractivity contribution in [3.05, 3.63) is 71.2 Å². The summed E-state index contributed by atoms with van der Waals surface area (Å²) >= 11 is 0. The van der Waals surface area contributed by atoms with E-state index in [4.69, 9.17) is 9.47 Å². The highest BCUT2D eigenvalue weighted by atomic mass is 19.1. The monoisotopic (exact) mass is 371 g/mol. The Bertz CT molecular complexity index is 877. The molecule has 0 saturated heterocycles. The van der Waals surface area contributed by atoms with Gasteiger partial charge in [0.1, 0.15) is 17.3 Å². The highest BCUT2D eigenvalue weighted by Gasteiger charge is 2.18. The van der Waals surface area contributed by atoms with Gasteiger partial charge in [-0.25, -0.2) is 9.18 Å². The molecule has 6 nitrogen and oxygen atoms in total. The summed E-state index contributed by atoms with van der Waals surface area (Å²) in [7, 11) is 1.34. The van der Waals surface area contributed by atoms with Gasteiger partial charge in [0.15, 0.2) is 6.61 Å². The van der Waals surface area contributed by atoms with Gasteiger partial charge < -0.3 is 14.8 Å². The molecule has 0 heterocycles. The molecule has 0 radical (unpaired) electrons. The summed E-state index contributed by atoms with van der Waals surface area (Å²) in [6, 6.07) is 12.3. The lowest BCUT2D eigenvalue weighted by atomic mass is 10.1. The van der Waals surface area contributed by atoms with Crippen LogP contribution in [0.1, 0.15) is 22.8 Å². The minimum atomic E-state index is -0.891. The molecule has 0 atom stereocenters. The van der Waals surface area contributed by atoms with Crippen molar-refractivity contribution in [3.8, 4) is 5.75 Å². The maximum absolute atomic E-state index is 13.4. The summed E-state index contributed by atoms with van der Waals surface area (Å²) in [5.74, 6) is -2.45. The van der Waals surface area contributed by atoms with Gasteiger partial charge in [-0.15, -0.1) is 0 Å². The van der Waals surface area contributed by atoms with Crippen LogP contribution in [0.25, 0.3) is 6.08 Å². The molecule has 0 spiro atoms. The van der Waals surface area contributed by atoms with Gasteiger partial charge in [-0.3, -0.25) is 9.59 Å². The Hall–Kier alpha value is -3.48. The van der Waals surface area contributed by atoms with E-state index in [0.29, 0.717) is 5.56 Å². The minimum absolute atomic E-state index is 0.0431. The molecule has 0 aliphatic rings. The minimum Gasteiger partial charge on any atom is -0.496 e. The molecule has 2 rings (SSSR count). The zero-order valence-corrected chi connectivity index (χ0v) is 14.8. The Morgan fingerprint density at radius 3 is 2.44 bits per heavy atom. The second-order valence-electron chi connectivity index (χ2n) is 5.49. The predicted molar refractivity (Wildman–Crippen MR) is 96.5 cm³/mol. The number of carbonyl (C=O) groups is 3. The summed E-state index contributed by atoms with van der Waals surface area (Å²) in [6.07, 6.45) is 1.43. The summed E-state index contributed by atoms with van der Waals surface area (Å²) in [6.45, 7) is 0.610. The summed E-state index contributed by atoms with van der Waals surface area (Å²) < 4.78 is 23.4. The smallest absolute Gasteiger partial charge is 0.355 e. The number of ketones is 1. The highest BCUT2D eigenvalue weighted by Crippen LogP contribution is 2.20. The van der Waals surface area contributed by atoms with E-state index in [-0.39, 0.29) is 17.0 Å². The summed E-state index contributed by atoms with van der Waals surface area (Å²) in [5, 5.41) is 2.37. The van der Waals surface area contributed by atoms with Crippen molar-refractivity contribution in [1.82, 2.24) is 5.32 Å². The molecule has 2 aromatic rings. The lowest BCUT2D eigenvalue weighted by Crippen LogP contribution is -2.27. The molecule has 0 aromatic heterocycles. The molecule has 1 amide bonds. The largest absolute Gasteiger partial charge is 0.496 e. The van der Waals surface area contributed by atoms with E-state index in [2.05, 4.69) is 5.32 Å². The Labute approximate surface area is 155 Å². The third-order valence-corrected chi connectivity index (χ3v) is 3.44. The van der Waals surface area contributed by atoms with Crippen molar-refractivity contribution in [1.29, 1.82) is 0 Å². The lowest BCUT2D eigenvalue weighted by Gasteiger charge is -2.10. The number of amides is 1. The van der Waals surface area contributed by atoms with Crippen LogP contribution in [0.5, 0.6) is 5.75 Å². The number of methoxy groups -OCH3 is 1.